The summed E-state index contributed by atoms with van der Waals surface area (Å²) in [7, 11) is 0. The van der Waals surface area contributed by atoms with Crippen LogP contribution < -0.4 is 4.74 Å². The van der Waals surface area contributed by atoms with Gasteiger partial charge in [-0.1, -0.05) is 158 Å². The fraction of sp³-hybridized carbons (Fsp3) is 0.0385. The van der Waals surface area contributed by atoms with Gasteiger partial charge in [0.1, 0.15) is 11.5 Å². The Morgan fingerprint density at radius 3 is 1.83 bits per heavy atom. The van der Waals surface area contributed by atoms with E-state index < -0.39 is 0 Å². The Morgan fingerprint density at radius 2 is 1.04 bits per heavy atom. The van der Waals surface area contributed by atoms with Gasteiger partial charge in [0, 0.05) is 22.1 Å². The first-order valence-corrected chi connectivity index (χ1v) is 18.6. The van der Waals surface area contributed by atoms with E-state index in [0.29, 0.717) is 0 Å². The zero-order chi connectivity index (χ0) is 34.9. The van der Waals surface area contributed by atoms with E-state index in [-0.39, 0.29) is 0 Å². The van der Waals surface area contributed by atoms with Gasteiger partial charge in [-0.05, 0) is 114 Å². The highest BCUT2D eigenvalue weighted by molar-refractivity contribution is 6.22. The molecule has 9 aromatic rings. The molecule has 1 aliphatic heterocycles. The van der Waals surface area contributed by atoms with Gasteiger partial charge in [-0.2, -0.15) is 0 Å². The van der Waals surface area contributed by atoms with Crippen LogP contribution in [0.3, 0.4) is 0 Å². The predicted molar refractivity (Wildman–Crippen MR) is 224 cm³/mol. The van der Waals surface area contributed by atoms with Gasteiger partial charge in [0.15, 0.2) is 0 Å². The minimum atomic E-state index is 0.901. The number of benzene rings is 9. The van der Waals surface area contributed by atoms with Crippen LogP contribution in [0.25, 0.3) is 94.0 Å². The second-order valence-corrected chi connectivity index (χ2v) is 14.3. The first-order valence-electron chi connectivity index (χ1n) is 18.6. The molecule has 0 radical (unpaired) electrons. The fourth-order valence-corrected chi connectivity index (χ4v) is 8.68. The monoisotopic (exact) mass is 674 g/mol. The van der Waals surface area contributed by atoms with E-state index in [2.05, 4.69) is 182 Å². The van der Waals surface area contributed by atoms with Gasteiger partial charge in [-0.15, -0.1) is 0 Å². The zero-order valence-electron chi connectivity index (χ0n) is 29.1. The van der Waals surface area contributed by atoms with Crippen LogP contribution in [0.15, 0.2) is 176 Å². The van der Waals surface area contributed by atoms with Gasteiger partial charge in [0.25, 0.3) is 0 Å². The molecule has 0 unspecified atom stereocenters. The number of allylic oxidation sites excluding steroid dienone is 1. The summed E-state index contributed by atoms with van der Waals surface area (Å²) >= 11 is 0. The van der Waals surface area contributed by atoms with Gasteiger partial charge in [0.05, 0.1) is 0 Å². The molecule has 0 amide bonds. The van der Waals surface area contributed by atoms with E-state index in [1.807, 2.05) is 0 Å². The molecule has 1 heterocycles. The third kappa shape index (κ3) is 4.85. The van der Waals surface area contributed by atoms with Gasteiger partial charge >= 0.3 is 0 Å². The van der Waals surface area contributed by atoms with Crippen LogP contribution in [-0.4, -0.2) is 0 Å². The Kier molecular flexibility index (Phi) is 6.75. The third-order valence-electron chi connectivity index (χ3n) is 11.3. The summed E-state index contributed by atoms with van der Waals surface area (Å²) in [4.78, 5) is 0. The molecule has 248 valence electrons. The summed E-state index contributed by atoms with van der Waals surface area (Å²) < 4.78 is 7.28. The Hall–Kier alpha value is -6.70. The Labute approximate surface area is 309 Å². The van der Waals surface area contributed by atoms with Crippen molar-refractivity contribution in [2.75, 3.05) is 0 Å². The number of rotatable bonds is 4. The molecule has 0 atom stereocenters. The molecular formula is C52H34O. The fourth-order valence-electron chi connectivity index (χ4n) is 8.68. The molecule has 0 N–H and O–H groups in total. The second kappa shape index (κ2) is 11.9. The third-order valence-corrected chi connectivity index (χ3v) is 11.3. The Balaban J connectivity index is 1.11. The maximum atomic E-state index is 7.28. The van der Waals surface area contributed by atoms with E-state index in [4.69, 9.17) is 4.74 Å². The quantitative estimate of drug-likeness (QED) is 0.169. The molecule has 0 saturated heterocycles. The van der Waals surface area contributed by atoms with Gasteiger partial charge < -0.3 is 4.74 Å². The molecule has 11 rings (SSSR count). The maximum absolute atomic E-state index is 7.28. The molecular weight excluding hydrogens is 641 g/mol. The largest absolute Gasteiger partial charge is 0.455 e. The van der Waals surface area contributed by atoms with Crippen LogP contribution in [0, 0.1) is 0 Å². The highest BCUT2D eigenvalue weighted by atomic mass is 16.5. The standard InChI is InChI=1S/C52H34O/c1-3-13-34(14-4-1)47-31-42(41-27-26-39-29-38(24-25-40(39)30-41)37-23-22-33-12-7-8-17-36(33)28-37)32-48-46-21-11-20-45-43-18-9-10-19-44(43)49(35-15-5-2-6-16-35)52(50(45)46)53-51(47)48/h1-7,9-16,18-32H,8,17H2. The average Bonchev–Trinajstić information content (AvgIpc) is 3.23. The van der Waals surface area contributed by atoms with Crippen LogP contribution in [0.4, 0.5) is 0 Å². The lowest BCUT2D eigenvalue weighted by Gasteiger charge is -2.28. The second-order valence-electron chi connectivity index (χ2n) is 14.3. The van der Waals surface area contributed by atoms with E-state index >= 15 is 0 Å². The van der Waals surface area contributed by atoms with Crippen molar-refractivity contribution in [3.63, 3.8) is 0 Å². The van der Waals surface area contributed by atoms with E-state index in [1.54, 1.807) is 0 Å². The van der Waals surface area contributed by atoms with Crippen molar-refractivity contribution in [1.29, 1.82) is 0 Å². The van der Waals surface area contributed by atoms with Gasteiger partial charge in [0.2, 0.25) is 0 Å². The number of fused-ring (bicyclic) bond motifs is 6. The minimum absolute atomic E-state index is 0.901. The van der Waals surface area contributed by atoms with Crippen LogP contribution >= 0.6 is 0 Å². The molecule has 0 saturated carbocycles. The summed E-state index contributed by atoms with van der Waals surface area (Å²) in [5.74, 6) is 1.83. The molecule has 53 heavy (non-hydrogen) atoms. The lowest BCUT2D eigenvalue weighted by atomic mass is 9.84. The maximum Gasteiger partial charge on any atom is 0.144 e. The molecule has 1 nitrogen and oxygen atoms in total. The zero-order valence-corrected chi connectivity index (χ0v) is 29.1. The normalized spacial score (nSPS) is 12.8. The number of hydrogen-bond acceptors (Lipinski definition) is 1. The molecule has 1 heteroatoms. The SMILES string of the molecule is C1=Cc2ccc(-c3ccc4cc(-c5cc(-c6ccccc6)c6c(c5)-c5cccc7c5c(c(-c5ccccc5)c5ccccc57)O6)ccc4c3)cc2CC1. The molecule has 0 fully saturated rings. The molecule has 0 aromatic heterocycles. The van der Waals surface area contributed by atoms with E-state index in [0.717, 1.165) is 57.5 Å². The molecule has 0 bridgehead atoms. The molecule has 1 aliphatic carbocycles. The predicted octanol–water partition coefficient (Wildman–Crippen LogP) is 14.5. The summed E-state index contributed by atoms with van der Waals surface area (Å²) in [6.45, 7) is 0. The molecule has 9 aromatic carbocycles. The van der Waals surface area contributed by atoms with Crippen molar-refractivity contribution in [2.24, 2.45) is 0 Å². The minimum Gasteiger partial charge on any atom is -0.455 e. The average molecular weight is 675 g/mol. The lowest BCUT2D eigenvalue weighted by molar-refractivity contribution is 0.491. The van der Waals surface area contributed by atoms with Crippen LogP contribution in [0.5, 0.6) is 11.5 Å². The van der Waals surface area contributed by atoms with Crippen molar-refractivity contribution in [3.05, 3.63) is 187 Å². The summed E-state index contributed by atoms with van der Waals surface area (Å²) in [6.07, 6.45) is 6.75. The van der Waals surface area contributed by atoms with Gasteiger partial charge in [-0.3, -0.25) is 0 Å². The number of hydrogen-bond donors (Lipinski definition) is 0. The molecule has 2 aliphatic rings. The van der Waals surface area contributed by atoms with Crippen molar-refractivity contribution in [3.8, 4) is 67.1 Å². The number of aryl methyl sites for hydroxylation is 1. The lowest BCUT2D eigenvalue weighted by Crippen LogP contribution is -2.02. The van der Waals surface area contributed by atoms with Crippen LogP contribution in [0.1, 0.15) is 17.5 Å². The van der Waals surface area contributed by atoms with E-state index in [1.165, 1.54) is 65.9 Å². The van der Waals surface area contributed by atoms with E-state index in [9.17, 15) is 0 Å². The highest BCUT2D eigenvalue weighted by Crippen LogP contribution is 2.56. The smallest absolute Gasteiger partial charge is 0.144 e. The van der Waals surface area contributed by atoms with Crippen molar-refractivity contribution in [1.82, 2.24) is 0 Å². The highest BCUT2D eigenvalue weighted by Gasteiger charge is 2.29. The van der Waals surface area contributed by atoms with Crippen molar-refractivity contribution in [2.45, 2.75) is 12.8 Å². The Bertz CT molecular complexity index is 2950. The first kappa shape index (κ1) is 30.0. The van der Waals surface area contributed by atoms with Crippen LogP contribution in [-0.2, 0) is 6.42 Å². The van der Waals surface area contributed by atoms with Crippen LogP contribution in [0.2, 0.25) is 0 Å². The summed E-state index contributed by atoms with van der Waals surface area (Å²) in [5, 5.41) is 7.28. The van der Waals surface area contributed by atoms with Crippen molar-refractivity contribution >= 4 is 38.4 Å². The summed E-state index contributed by atoms with van der Waals surface area (Å²) in [6, 6.07) is 62.2. The summed E-state index contributed by atoms with van der Waals surface area (Å²) in [5.41, 5.74) is 14.5. The van der Waals surface area contributed by atoms with Crippen molar-refractivity contribution < 1.29 is 4.74 Å². The first-order chi connectivity index (χ1) is 26.3. The van der Waals surface area contributed by atoms with Gasteiger partial charge in [-0.25, -0.2) is 0 Å². The number of ether oxygens (including phenoxy) is 1. The molecule has 0 spiro atoms. The Morgan fingerprint density at radius 1 is 0.396 bits per heavy atom. The topological polar surface area (TPSA) is 9.23 Å².